The van der Waals surface area contributed by atoms with E-state index in [2.05, 4.69) is 10.6 Å². The monoisotopic (exact) mass is 330 g/mol. The lowest BCUT2D eigenvalue weighted by molar-refractivity contribution is 0.247. The number of benzene rings is 2. The van der Waals surface area contributed by atoms with Gasteiger partial charge in [-0.2, -0.15) is 0 Å². The van der Waals surface area contributed by atoms with E-state index in [1.807, 2.05) is 43.3 Å². The lowest BCUT2D eigenvalue weighted by atomic mass is 10.1. The van der Waals surface area contributed by atoms with Crippen molar-refractivity contribution < 1.29 is 9.53 Å². The predicted molar refractivity (Wildman–Crippen MR) is 92.2 cm³/mol. The van der Waals surface area contributed by atoms with E-state index in [1.165, 1.54) is 0 Å². The third-order valence-electron chi connectivity index (χ3n) is 4.18. The molecule has 1 saturated carbocycles. The minimum Gasteiger partial charge on any atom is -0.497 e. The number of methoxy groups -OCH3 is 1. The Bertz CT molecular complexity index is 724. The molecule has 5 heteroatoms. The highest BCUT2D eigenvalue weighted by Gasteiger charge is 2.45. The van der Waals surface area contributed by atoms with Crippen LogP contribution in [-0.4, -0.2) is 13.1 Å². The standard InChI is InChI=1S/C18H19ClN2O2/c1-12-11-14(19)5-8-16(12)20-17(22)21-18(9-10-18)13-3-6-15(23-2)7-4-13/h3-8,11H,9-10H2,1-2H3,(H2,20,21,22). The average Bonchev–Trinajstić information content (AvgIpc) is 3.31. The highest BCUT2D eigenvalue weighted by atomic mass is 35.5. The Kier molecular flexibility index (Phi) is 4.18. The molecule has 4 nitrogen and oxygen atoms in total. The molecule has 0 radical (unpaired) electrons. The van der Waals surface area contributed by atoms with Crippen LogP contribution in [0.25, 0.3) is 0 Å². The normalized spacial score (nSPS) is 14.9. The predicted octanol–water partition coefficient (Wildman–Crippen LogP) is 4.47. The first kappa shape index (κ1) is 15.7. The van der Waals surface area contributed by atoms with Gasteiger partial charge in [-0.15, -0.1) is 0 Å². The third-order valence-corrected chi connectivity index (χ3v) is 4.42. The van der Waals surface area contributed by atoms with Crippen LogP contribution in [0, 0.1) is 6.92 Å². The lowest BCUT2D eigenvalue weighted by Crippen LogP contribution is -2.38. The molecule has 0 unspecified atom stereocenters. The van der Waals surface area contributed by atoms with Crippen LogP contribution in [0.1, 0.15) is 24.0 Å². The van der Waals surface area contributed by atoms with E-state index in [4.69, 9.17) is 16.3 Å². The average molecular weight is 331 g/mol. The molecule has 0 atom stereocenters. The smallest absolute Gasteiger partial charge is 0.319 e. The maximum atomic E-state index is 12.3. The second kappa shape index (κ2) is 6.13. The van der Waals surface area contributed by atoms with E-state index >= 15 is 0 Å². The highest BCUT2D eigenvalue weighted by molar-refractivity contribution is 6.30. The molecule has 2 aromatic carbocycles. The van der Waals surface area contributed by atoms with Gasteiger partial charge in [0, 0.05) is 10.7 Å². The molecule has 1 fully saturated rings. The van der Waals surface area contributed by atoms with E-state index in [-0.39, 0.29) is 11.6 Å². The van der Waals surface area contributed by atoms with E-state index in [1.54, 1.807) is 13.2 Å². The quantitative estimate of drug-likeness (QED) is 0.869. The molecule has 0 spiro atoms. The highest BCUT2D eigenvalue weighted by Crippen LogP contribution is 2.45. The molecule has 0 heterocycles. The summed E-state index contributed by atoms with van der Waals surface area (Å²) in [4.78, 5) is 12.3. The van der Waals surface area contributed by atoms with Crippen molar-refractivity contribution in [3.8, 4) is 5.75 Å². The number of ether oxygens (including phenoxy) is 1. The van der Waals surface area contributed by atoms with E-state index < -0.39 is 0 Å². The van der Waals surface area contributed by atoms with Crippen LogP contribution >= 0.6 is 11.6 Å². The molecule has 0 aliphatic heterocycles. The number of nitrogens with one attached hydrogen (secondary N) is 2. The fourth-order valence-electron chi connectivity index (χ4n) is 2.66. The van der Waals surface area contributed by atoms with Gasteiger partial charge in [0.2, 0.25) is 0 Å². The van der Waals surface area contributed by atoms with Gasteiger partial charge in [0.1, 0.15) is 5.75 Å². The Morgan fingerprint density at radius 3 is 2.43 bits per heavy atom. The van der Waals surface area contributed by atoms with Crippen molar-refractivity contribution in [2.75, 3.05) is 12.4 Å². The van der Waals surface area contributed by atoms with Gasteiger partial charge in [-0.1, -0.05) is 23.7 Å². The van der Waals surface area contributed by atoms with Gasteiger partial charge in [0.05, 0.1) is 12.6 Å². The second-order valence-electron chi connectivity index (χ2n) is 5.85. The second-order valence-corrected chi connectivity index (χ2v) is 6.29. The molecule has 2 amide bonds. The van der Waals surface area contributed by atoms with Crippen molar-refractivity contribution >= 4 is 23.3 Å². The number of aryl methyl sites for hydroxylation is 1. The fraction of sp³-hybridized carbons (Fsp3) is 0.278. The Labute approximate surface area is 140 Å². The van der Waals surface area contributed by atoms with Crippen molar-refractivity contribution in [2.24, 2.45) is 0 Å². The minimum absolute atomic E-state index is 0.205. The van der Waals surface area contributed by atoms with Crippen LogP contribution in [0.15, 0.2) is 42.5 Å². The zero-order chi connectivity index (χ0) is 16.4. The van der Waals surface area contributed by atoms with Gasteiger partial charge >= 0.3 is 6.03 Å². The number of carbonyl (C=O) groups excluding carboxylic acids is 1. The Morgan fingerprint density at radius 2 is 1.87 bits per heavy atom. The van der Waals surface area contributed by atoms with Crippen molar-refractivity contribution in [1.82, 2.24) is 5.32 Å². The summed E-state index contributed by atoms with van der Waals surface area (Å²) in [6, 6.07) is 13.0. The van der Waals surface area contributed by atoms with Gasteiger partial charge in [0.25, 0.3) is 0 Å². The molecule has 0 saturated heterocycles. The van der Waals surface area contributed by atoms with Gasteiger partial charge in [-0.05, 0) is 61.2 Å². The summed E-state index contributed by atoms with van der Waals surface area (Å²) < 4.78 is 5.17. The summed E-state index contributed by atoms with van der Waals surface area (Å²) >= 11 is 5.94. The van der Waals surface area contributed by atoms with Crippen LogP contribution in [-0.2, 0) is 5.54 Å². The van der Waals surface area contributed by atoms with Crippen LogP contribution in [0.5, 0.6) is 5.75 Å². The number of halogens is 1. The first-order valence-corrected chi connectivity index (χ1v) is 7.90. The van der Waals surface area contributed by atoms with Crippen molar-refractivity contribution in [3.63, 3.8) is 0 Å². The van der Waals surface area contributed by atoms with Gasteiger partial charge in [0.15, 0.2) is 0 Å². The molecule has 2 N–H and O–H groups in total. The van der Waals surface area contributed by atoms with Gasteiger partial charge in [-0.3, -0.25) is 0 Å². The Balaban J connectivity index is 1.69. The number of hydrogen-bond acceptors (Lipinski definition) is 2. The Morgan fingerprint density at radius 1 is 1.17 bits per heavy atom. The lowest BCUT2D eigenvalue weighted by Gasteiger charge is -2.19. The fourth-order valence-corrected chi connectivity index (χ4v) is 2.89. The van der Waals surface area contributed by atoms with E-state index in [0.29, 0.717) is 5.02 Å². The number of urea groups is 1. The summed E-state index contributed by atoms with van der Waals surface area (Å²) in [5.41, 5.74) is 2.53. The molecule has 1 aliphatic rings. The topological polar surface area (TPSA) is 50.4 Å². The molecule has 3 rings (SSSR count). The summed E-state index contributed by atoms with van der Waals surface area (Å²) in [5.74, 6) is 0.811. The van der Waals surface area contributed by atoms with Crippen LogP contribution < -0.4 is 15.4 Å². The van der Waals surface area contributed by atoms with Crippen LogP contribution in [0.4, 0.5) is 10.5 Å². The first-order chi connectivity index (χ1) is 11.0. The summed E-state index contributed by atoms with van der Waals surface area (Å²) in [6.45, 7) is 1.91. The van der Waals surface area contributed by atoms with Crippen LogP contribution in [0.3, 0.4) is 0 Å². The Hall–Kier alpha value is -2.20. The molecular formula is C18H19ClN2O2. The van der Waals surface area contributed by atoms with Gasteiger partial charge in [-0.25, -0.2) is 4.79 Å². The number of amides is 2. The van der Waals surface area contributed by atoms with Crippen molar-refractivity contribution in [3.05, 3.63) is 58.6 Å². The molecule has 1 aliphatic carbocycles. The minimum atomic E-state index is -0.267. The summed E-state index contributed by atoms with van der Waals surface area (Å²) in [5, 5.41) is 6.64. The number of rotatable bonds is 4. The third kappa shape index (κ3) is 3.42. The molecule has 120 valence electrons. The van der Waals surface area contributed by atoms with Crippen LogP contribution in [0.2, 0.25) is 5.02 Å². The maximum absolute atomic E-state index is 12.3. The molecule has 2 aromatic rings. The summed E-state index contributed by atoms with van der Waals surface area (Å²) in [6.07, 6.45) is 1.87. The van der Waals surface area contributed by atoms with Crippen molar-refractivity contribution in [1.29, 1.82) is 0 Å². The summed E-state index contributed by atoms with van der Waals surface area (Å²) in [7, 11) is 1.64. The molecule has 0 bridgehead atoms. The molecule has 0 aromatic heterocycles. The molecule has 23 heavy (non-hydrogen) atoms. The molecular weight excluding hydrogens is 312 g/mol. The number of hydrogen-bond donors (Lipinski definition) is 2. The van der Waals surface area contributed by atoms with E-state index in [9.17, 15) is 4.79 Å². The van der Waals surface area contributed by atoms with Crippen molar-refractivity contribution in [2.45, 2.75) is 25.3 Å². The number of carbonyl (C=O) groups is 1. The SMILES string of the molecule is COc1ccc(C2(NC(=O)Nc3ccc(Cl)cc3C)CC2)cc1. The zero-order valence-electron chi connectivity index (χ0n) is 13.2. The maximum Gasteiger partial charge on any atom is 0.319 e. The van der Waals surface area contributed by atoms with E-state index in [0.717, 1.165) is 35.4 Å². The first-order valence-electron chi connectivity index (χ1n) is 7.52. The zero-order valence-corrected chi connectivity index (χ0v) is 13.9. The number of anilines is 1. The largest absolute Gasteiger partial charge is 0.497 e. The van der Waals surface area contributed by atoms with Gasteiger partial charge < -0.3 is 15.4 Å².